The van der Waals surface area contributed by atoms with Crippen molar-refractivity contribution in [3.63, 3.8) is 0 Å². The fourth-order valence-corrected chi connectivity index (χ4v) is 2.08. The molecule has 0 aliphatic heterocycles. The molecule has 2 rings (SSSR count). The van der Waals surface area contributed by atoms with Crippen molar-refractivity contribution in [3.8, 4) is 0 Å². The van der Waals surface area contributed by atoms with Gasteiger partial charge in [0.2, 0.25) is 0 Å². The van der Waals surface area contributed by atoms with E-state index in [1.165, 1.54) is 5.56 Å². The van der Waals surface area contributed by atoms with Gasteiger partial charge in [-0.05, 0) is 30.7 Å². The fraction of sp³-hybridized carbons (Fsp3) is 0.0625. The van der Waals surface area contributed by atoms with Crippen molar-refractivity contribution >= 4 is 27.8 Å². The van der Waals surface area contributed by atoms with Crippen LogP contribution in [-0.2, 0) is 0 Å². The molecule has 0 saturated heterocycles. The maximum absolute atomic E-state index is 12.0. The zero-order valence-electron chi connectivity index (χ0n) is 10.1. The van der Waals surface area contributed by atoms with Gasteiger partial charge in [0.25, 0.3) is 0 Å². The van der Waals surface area contributed by atoms with Gasteiger partial charge >= 0.3 is 0 Å². The van der Waals surface area contributed by atoms with Gasteiger partial charge in [0.05, 0.1) is 0 Å². The van der Waals surface area contributed by atoms with Gasteiger partial charge in [0, 0.05) is 10.0 Å². The summed E-state index contributed by atoms with van der Waals surface area (Å²) < 4.78 is 0.823. The van der Waals surface area contributed by atoms with Gasteiger partial charge in [0.15, 0.2) is 5.78 Å². The van der Waals surface area contributed by atoms with E-state index in [0.29, 0.717) is 5.56 Å². The average molecular weight is 301 g/mol. The zero-order chi connectivity index (χ0) is 13.0. The van der Waals surface area contributed by atoms with Crippen molar-refractivity contribution in [2.75, 3.05) is 0 Å². The lowest BCUT2D eigenvalue weighted by Crippen LogP contribution is -1.94. The Morgan fingerprint density at radius 1 is 1.06 bits per heavy atom. The third kappa shape index (κ3) is 3.17. The van der Waals surface area contributed by atoms with Crippen LogP contribution in [0.3, 0.4) is 0 Å². The first-order valence-corrected chi connectivity index (χ1v) is 6.50. The second-order valence-electron chi connectivity index (χ2n) is 4.09. The molecule has 2 aromatic rings. The van der Waals surface area contributed by atoms with E-state index in [1.54, 1.807) is 6.08 Å². The second kappa shape index (κ2) is 5.78. The summed E-state index contributed by atoms with van der Waals surface area (Å²) in [7, 11) is 0. The first-order chi connectivity index (χ1) is 8.66. The van der Waals surface area contributed by atoms with Gasteiger partial charge in [-0.3, -0.25) is 4.79 Å². The van der Waals surface area contributed by atoms with Crippen molar-refractivity contribution in [1.29, 1.82) is 0 Å². The number of rotatable bonds is 3. The maximum atomic E-state index is 12.0. The molecular formula is C16H13BrO. The number of allylic oxidation sites excluding steroid dienone is 1. The van der Waals surface area contributed by atoms with Crippen molar-refractivity contribution in [2.45, 2.75) is 6.92 Å². The predicted molar refractivity (Wildman–Crippen MR) is 78.7 cm³/mol. The number of benzene rings is 2. The van der Waals surface area contributed by atoms with Crippen LogP contribution in [0.4, 0.5) is 0 Å². The fourth-order valence-electron chi connectivity index (χ4n) is 1.60. The Morgan fingerprint density at radius 2 is 1.72 bits per heavy atom. The number of halogens is 1. The molecule has 2 aromatic carbocycles. The van der Waals surface area contributed by atoms with Gasteiger partial charge in [-0.15, -0.1) is 0 Å². The Hall–Kier alpha value is -1.67. The van der Waals surface area contributed by atoms with E-state index in [2.05, 4.69) is 15.9 Å². The van der Waals surface area contributed by atoms with Crippen LogP contribution >= 0.6 is 15.9 Å². The summed E-state index contributed by atoms with van der Waals surface area (Å²) in [6, 6.07) is 15.5. The topological polar surface area (TPSA) is 17.1 Å². The highest BCUT2D eigenvalue weighted by molar-refractivity contribution is 9.10. The van der Waals surface area contributed by atoms with E-state index < -0.39 is 0 Å². The Bertz CT molecular complexity index is 582. The summed E-state index contributed by atoms with van der Waals surface area (Å²) in [5, 5.41) is 0. The standard InChI is InChI=1S/C16H13BrO/c1-12-6-8-13(9-7-12)10-11-16(18)14-4-2-3-5-15(14)17/h2-11H,1H3. The van der Waals surface area contributed by atoms with E-state index in [-0.39, 0.29) is 5.78 Å². The molecule has 0 fully saturated rings. The van der Waals surface area contributed by atoms with Crippen molar-refractivity contribution in [3.05, 3.63) is 75.8 Å². The number of hydrogen-bond acceptors (Lipinski definition) is 1. The number of ketones is 1. The molecule has 0 unspecified atom stereocenters. The molecule has 0 atom stereocenters. The molecule has 0 saturated carbocycles. The minimum Gasteiger partial charge on any atom is -0.289 e. The maximum Gasteiger partial charge on any atom is 0.186 e. The van der Waals surface area contributed by atoms with E-state index in [4.69, 9.17) is 0 Å². The lowest BCUT2D eigenvalue weighted by molar-refractivity contribution is 0.104. The molecule has 0 aliphatic carbocycles. The zero-order valence-corrected chi connectivity index (χ0v) is 11.6. The summed E-state index contributed by atoms with van der Waals surface area (Å²) in [5.41, 5.74) is 2.92. The summed E-state index contributed by atoms with van der Waals surface area (Å²) >= 11 is 3.38. The van der Waals surface area contributed by atoms with Crippen LogP contribution in [0.25, 0.3) is 6.08 Å². The SMILES string of the molecule is Cc1ccc(C=CC(=O)c2ccccc2Br)cc1. The molecule has 0 spiro atoms. The van der Waals surface area contributed by atoms with Gasteiger partial charge in [-0.1, -0.05) is 64.0 Å². The van der Waals surface area contributed by atoms with Crippen LogP contribution in [0.1, 0.15) is 21.5 Å². The smallest absolute Gasteiger partial charge is 0.186 e. The molecule has 0 radical (unpaired) electrons. The normalized spacial score (nSPS) is 10.8. The highest BCUT2D eigenvalue weighted by Gasteiger charge is 2.04. The molecular weight excluding hydrogens is 288 g/mol. The molecule has 0 bridgehead atoms. The average Bonchev–Trinajstić information content (AvgIpc) is 2.38. The highest BCUT2D eigenvalue weighted by atomic mass is 79.9. The van der Waals surface area contributed by atoms with Crippen LogP contribution < -0.4 is 0 Å². The first kappa shape index (κ1) is 12.8. The molecule has 18 heavy (non-hydrogen) atoms. The number of hydrogen-bond donors (Lipinski definition) is 0. The molecule has 0 amide bonds. The first-order valence-electron chi connectivity index (χ1n) is 5.70. The third-order valence-electron chi connectivity index (χ3n) is 2.64. The van der Waals surface area contributed by atoms with Gasteiger partial charge in [-0.25, -0.2) is 0 Å². The predicted octanol–water partition coefficient (Wildman–Crippen LogP) is 4.65. The molecule has 0 heterocycles. The molecule has 1 nitrogen and oxygen atoms in total. The lowest BCUT2D eigenvalue weighted by atomic mass is 10.1. The number of aryl methyl sites for hydroxylation is 1. The van der Waals surface area contributed by atoms with Crippen LogP contribution in [0, 0.1) is 6.92 Å². The lowest BCUT2D eigenvalue weighted by Gasteiger charge is -1.99. The summed E-state index contributed by atoms with van der Waals surface area (Å²) in [6.45, 7) is 2.04. The minimum absolute atomic E-state index is 0.00282. The van der Waals surface area contributed by atoms with Crippen molar-refractivity contribution < 1.29 is 4.79 Å². The van der Waals surface area contributed by atoms with Crippen LogP contribution in [0.5, 0.6) is 0 Å². The summed E-state index contributed by atoms with van der Waals surface area (Å²) in [4.78, 5) is 12.0. The summed E-state index contributed by atoms with van der Waals surface area (Å²) in [5.74, 6) is 0.00282. The number of carbonyl (C=O) groups excluding carboxylic acids is 1. The van der Waals surface area contributed by atoms with Crippen LogP contribution in [-0.4, -0.2) is 5.78 Å². The Morgan fingerprint density at radius 3 is 2.39 bits per heavy atom. The third-order valence-corrected chi connectivity index (χ3v) is 3.34. The second-order valence-corrected chi connectivity index (χ2v) is 4.94. The molecule has 90 valence electrons. The van der Waals surface area contributed by atoms with Crippen LogP contribution in [0.2, 0.25) is 0 Å². The van der Waals surface area contributed by atoms with Gasteiger partial charge in [0.1, 0.15) is 0 Å². The monoisotopic (exact) mass is 300 g/mol. The van der Waals surface area contributed by atoms with E-state index >= 15 is 0 Å². The van der Waals surface area contributed by atoms with Gasteiger partial charge < -0.3 is 0 Å². The summed E-state index contributed by atoms with van der Waals surface area (Å²) in [6.07, 6.45) is 3.44. The van der Waals surface area contributed by atoms with Gasteiger partial charge in [-0.2, -0.15) is 0 Å². The molecule has 2 heteroatoms. The molecule has 0 aromatic heterocycles. The van der Waals surface area contributed by atoms with Crippen LogP contribution in [0.15, 0.2) is 59.1 Å². The minimum atomic E-state index is 0.00282. The van der Waals surface area contributed by atoms with Crippen molar-refractivity contribution in [2.24, 2.45) is 0 Å². The quantitative estimate of drug-likeness (QED) is 0.595. The van der Waals surface area contributed by atoms with E-state index in [9.17, 15) is 4.79 Å². The molecule has 0 N–H and O–H groups in total. The Kier molecular flexibility index (Phi) is 4.11. The highest BCUT2D eigenvalue weighted by Crippen LogP contribution is 2.17. The number of carbonyl (C=O) groups is 1. The van der Waals surface area contributed by atoms with E-state index in [1.807, 2.05) is 61.5 Å². The van der Waals surface area contributed by atoms with E-state index in [0.717, 1.165) is 10.0 Å². The Balaban J connectivity index is 2.17. The van der Waals surface area contributed by atoms with Crippen molar-refractivity contribution in [1.82, 2.24) is 0 Å². The molecule has 0 aliphatic rings. The Labute approximate surface area is 115 Å². The largest absolute Gasteiger partial charge is 0.289 e.